The third kappa shape index (κ3) is 5.24. The maximum absolute atomic E-state index is 13.1. The maximum Gasteiger partial charge on any atom is 0.236 e. The van der Waals surface area contributed by atoms with E-state index in [0.717, 1.165) is 58.1 Å². The summed E-state index contributed by atoms with van der Waals surface area (Å²) in [6.45, 7) is 8.21. The molecule has 0 bridgehead atoms. The summed E-state index contributed by atoms with van der Waals surface area (Å²) >= 11 is 1.39. The second-order valence-electron chi connectivity index (χ2n) is 8.67. The Labute approximate surface area is 183 Å². The van der Waals surface area contributed by atoms with E-state index in [-0.39, 0.29) is 17.7 Å². The Morgan fingerprint density at radius 1 is 1.07 bits per heavy atom. The molecule has 8 heteroatoms. The van der Waals surface area contributed by atoms with Gasteiger partial charge in [0.2, 0.25) is 5.91 Å². The normalized spacial score (nSPS) is 23.4. The Morgan fingerprint density at radius 2 is 1.77 bits per heavy atom. The van der Waals surface area contributed by atoms with E-state index in [2.05, 4.69) is 62.6 Å². The number of carbonyl (C=O) groups is 1. The average molecular weight is 429 g/mol. The largest absolute Gasteiger partial charge is 0.340 e. The summed E-state index contributed by atoms with van der Waals surface area (Å²) in [4.78, 5) is 22.2. The van der Waals surface area contributed by atoms with Crippen LogP contribution in [0.15, 0.2) is 35.7 Å². The SMILES string of the molecule is CN(C)CCN1CCN(CC(=O)N2C[C@@H](c3ccccc3)[C@H](c3csnn3)C2)CC1. The standard InChI is InChI=1S/C22H32N6OS/c1-25(2)8-9-26-10-12-27(13-11-26)16-22(29)28-14-19(18-6-4-3-5-7-18)20(15-28)21-17-30-24-23-21/h3-7,17,19-20H,8-16H2,1-2H3/t19-,20+/m0/s1. The molecule has 30 heavy (non-hydrogen) atoms. The van der Waals surface area contributed by atoms with E-state index < -0.39 is 0 Å². The predicted molar refractivity (Wildman–Crippen MR) is 120 cm³/mol. The first kappa shape index (κ1) is 21.4. The van der Waals surface area contributed by atoms with E-state index >= 15 is 0 Å². The zero-order chi connectivity index (χ0) is 20.9. The molecule has 7 nitrogen and oxygen atoms in total. The molecule has 2 fully saturated rings. The fraction of sp³-hybridized carbons (Fsp3) is 0.591. The summed E-state index contributed by atoms with van der Waals surface area (Å²) in [6.07, 6.45) is 0. The lowest BCUT2D eigenvalue weighted by atomic mass is 9.87. The second-order valence-corrected chi connectivity index (χ2v) is 9.28. The van der Waals surface area contributed by atoms with Crippen LogP contribution in [0.2, 0.25) is 0 Å². The van der Waals surface area contributed by atoms with Crippen LogP contribution in [0.1, 0.15) is 23.1 Å². The van der Waals surface area contributed by atoms with Crippen LogP contribution in [-0.4, -0.2) is 108 Å². The van der Waals surface area contributed by atoms with Gasteiger partial charge in [-0.3, -0.25) is 14.6 Å². The number of likely N-dealkylation sites (tertiary alicyclic amines) is 1. The van der Waals surface area contributed by atoms with E-state index in [1.54, 1.807) is 0 Å². The van der Waals surface area contributed by atoms with Gasteiger partial charge in [-0.25, -0.2) is 0 Å². The van der Waals surface area contributed by atoms with Crippen LogP contribution < -0.4 is 0 Å². The minimum Gasteiger partial charge on any atom is -0.340 e. The number of piperazine rings is 1. The van der Waals surface area contributed by atoms with Gasteiger partial charge in [-0.05, 0) is 31.2 Å². The average Bonchev–Trinajstić information content (AvgIpc) is 3.44. The summed E-state index contributed by atoms with van der Waals surface area (Å²) in [5.74, 6) is 0.739. The van der Waals surface area contributed by atoms with Gasteiger partial charge < -0.3 is 9.80 Å². The summed E-state index contributed by atoms with van der Waals surface area (Å²) in [5, 5.41) is 6.36. The van der Waals surface area contributed by atoms with Crippen molar-refractivity contribution in [2.45, 2.75) is 11.8 Å². The highest BCUT2D eigenvalue weighted by atomic mass is 32.1. The number of hydrogen-bond donors (Lipinski definition) is 0. The minimum absolute atomic E-state index is 0.220. The molecule has 0 spiro atoms. The maximum atomic E-state index is 13.1. The number of carbonyl (C=O) groups excluding carboxylic acids is 1. The number of hydrogen-bond acceptors (Lipinski definition) is 7. The van der Waals surface area contributed by atoms with E-state index in [1.807, 2.05) is 16.3 Å². The zero-order valence-electron chi connectivity index (χ0n) is 18.0. The van der Waals surface area contributed by atoms with Crippen molar-refractivity contribution in [3.05, 3.63) is 47.0 Å². The van der Waals surface area contributed by atoms with Crippen LogP contribution >= 0.6 is 11.5 Å². The lowest BCUT2D eigenvalue weighted by Gasteiger charge is -2.35. The lowest BCUT2D eigenvalue weighted by molar-refractivity contribution is -0.131. The number of nitrogens with zero attached hydrogens (tertiary/aromatic N) is 6. The Kier molecular flexibility index (Phi) is 7.09. The second kappa shape index (κ2) is 9.96. The highest BCUT2D eigenvalue weighted by Crippen LogP contribution is 2.39. The molecule has 2 aliphatic heterocycles. The zero-order valence-corrected chi connectivity index (χ0v) is 18.8. The highest BCUT2D eigenvalue weighted by Gasteiger charge is 2.38. The van der Waals surface area contributed by atoms with Gasteiger partial charge in [0.1, 0.15) is 0 Å². The van der Waals surface area contributed by atoms with E-state index in [9.17, 15) is 4.79 Å². The summed E-state index contributed by atoms with van der Waals surface area (Å²) in [7, 11) is 4.23. The molecule has 0 saturated carbocycles. The molecule has 1 aromatic carbocycles. The van der Waals surface area contributed by atoms with Crippen LogP contribution in [-0.2, 0) is 4.79 Å². The van der Waals surface area contributed by atoms with Gasteiger partial charge in [-0.15, -0.1) is 5.10 Å². The number of amides is 1. The van der Waals surface area contributed by atoms with Crippen LogP contribution in [0.4, 0.5) is 0 Å². The predicted octanol–water partition coefficient (Wildman–Crippen LogP) is 1.43. The molecule has 162 valence electrons. The smallest absolute Gasteiger partial charge is 0.236 e. The van der Waals surface area contributed by atoms with Crippen LogP contribution in [0, 0.1) is 0 Å². The molecule has 2 saturated heterocycles. The Balaban J connectivity index is 1.34. The van der Waals surface area contributed by atoms with Gasteiger partial charge in [-0.1, -0.05) is 34.8 Å². The molecular formula is C22H32N6OS. The van der Waals surface area contributed by atoms with Crippen LogP contribution in [0.5, 0.6) is 0 Å². The summed E-state index contributed by atoms with van der Waals surface area (Å²) in [6, 6.07) is 10.5. The highest BCUT2D eigenvalue weighted by molar-refractivity contribution is 7.03. The van der Waals surface area contributed by atoms with E-state index in [4.69, 9.17) is 0 Å². The van der Waals surface area contributed by atoms with Gasteiger partial charge >= 0.3 is 0 Å². The van der Waals surface area contributed by atoms with Crippen molar-refractivity contribution in [2.24, 2.45) is 0 Å². The van der Waals surface area contributed by atoms with Crippen LogP contribution in [0.3, 0.4) is 0 Å². The molecule has 3 heterocycles. The minimum atomic E-state index is 0.220. The number of benzene rings is 1. The monoisotopic (exact) mass is 428 g/mol. The molecule has 0 N–H and O–H groups in total. The Bertz CT molecular complexity index is 791. The fourth-order valence-electron chi connectivity index (χ4n) is 4.48. The van der Waals surface area contributed by atoms with Crippen molar-refractivity contribution < 1.29 is 4.79 Å². The van der Waals surface area contributed by atoms with Crippen molar-refractivity contribution in [3.8, 4) is 0 Å². The van der Waals surface area contributed by atoms with Crippen LogP contribution in [0.25, 0.3) is 0 Å². The van der Waals surface area contributed by atoms with Gasteiger partial charge in [0.15, 0.2) is 0 Å². The number of aromatic nitrogens is 2. The first-order valence-corrected chi connectivity index (χ1v) is 11.6. The number of likely N-dealkylation sites (N-methyl/N-ethyl adjacent to an activating group) is 1. The number of rotatable bonds is 7. The van der Waals surface area contributed by atoms with Crippen molar-refractivity contribution in [1.82, 2.24) is 29.2 Å². The fourth-order valence-corrected chi connectivity index (χ4v) is 5.00. The molecule has 0 unspecified atom stereocenters. The third-order valence-electron chi connectivity index (χ3n) is 6.34. The van der Waals surface area contributed by atoms with Gasteiger partial charge in [0, 0.05) is 69.6 Å². The van der Waals surface area contributed by atoms with Crippen molar-refractivity contribution in [1.29, 1.82) is 0 Å². The Morgan fingerprint density at radius 3 is 2.43 bits per heavy atom. The van der Waals surface area contributed by atoms with Crippen molar-refractivity contribution >= 4 is 17.4 Å². The van der Waals surface area contributed by atoms with Gasteiger partial charge in [0.25, 0.3) is 0 Å². The van der Waals surface area contributed by atoms with Crippen molar-refractivity contribution in [3.63, 3.8) is 0 Å². The summed E-state index contributed by atoms with van der Waals surface area (Å²) < 4.78 is 4.06. The molecule has 2 aliphatic rings. The molecule has 2 aromatic rings. The van der Waals surface area contributed by atoms with Gasteiger partial charge in [-0.2, -0.15) is 0 Å². The lowest BCUT2D eigenvalue weighted by Crippen LogP contribution is -2.50. The molecule has 2 atom stereocenters. The third-order valence-corrected chi connectivity index (χ3v) is 6.87. The summed E-state index contributed by atoms with van der Waals surface area (Å²) in [5.41, 5.74) is 2.29. The Hall–Kier alpha value is -1.87. The first-order chi connectivity index (χ1) is 14.6. The molecule has 1 aromatic heterocycles. The molecule has 0 radical (unpaired) electrons. The van der Waals surface area contributed by atoms with E-state index in [0.29, 0.717) is 6.54 Å². The topological polar surface area (TPSA) is 55.8 Å². The molecular weight excluding hydrogens is 396 g/mol. The van der Waals surface area contributed by atoms with Gasteiger partial charge in [0.05, 0.1) is 12.2 Å². The first-order valence-electron chi connectivity index (χ1n) is 10.8. The molecule has 1 amide bonds. The van der Waals surface area contributed by atoms with Crippen molar-refractivity contribution in [2.75, 3.05) is 73.0 Å². The molecule has 4 rings (SSSR count). The van der Waals surface area contributed by atoms with E-state index in [1.165, 1.54) is 17.1 Å². The molecule has 0 aliphatic carbocycles. The quantitative estimate of drug-likeness (QED) is 0.665.